The maximum Gasteiger partial charge on any atom is 0.352 e. The molecule has 3 rings (SSSR count). The summed E-state index contributed by atoms with van der Waals surface area (Å²) in [5, 5.41) is 12.3. The minimum absolute atomic E-state index is 0.283. The molecule has 26 heavy (non-hydrogen) atoms. The lowest BCUT2D eigenvalue weighted by molar-refractivity contribution is -0.132. The molecule has 0 fully saturated rings. The Balaban J connectivity index is 1.85. The molecule has 1 aromatic heterocycles. The molecule has 0 saturated heterocycles. The van der Waals surface area contributed by atoms with E-state index in [1.54, 1.807) is 60.7 Å². The first-order valence-electron chi connectivity index (χ1n) is 7.71. The number of carboxylic acid groups (broad SMARTS) is 1. The molecule has 5 nitrogen and oxygen atoms in total. The number of nitrogens with one attached hydrogen (secondary N) is 1. The van der Waals surface area contributed by atoms with Crippen LogP contribution in [-0.2, 0) is 4.79 Å². The van der Waals surface area contributed by atoms with E-state index in [4.69, 9.17) is 16.0 Å². The van der Waals surface area contributed by atoms with E-state index in [0.717, 1.165) is 0 Å². The summed E-state index contributed by atoms with van der Waals surface area (Å²) >= 11 is 6.13. The van der Waals surface area contributed by atoms with Crippen molar-refractivity contribution in [1.29, 1.82) is 0 Å². The lowest BCUT2D eigenvalue weighted by Gasteiger charge is -2.05. The Bertz CT molecular complexity index is 976. The molecule has 2 N–H and O–H groups in total. The van der Waals surface area contributed by atoms with Crippen LogP contribution in [0, 0.1) is 0 Å². The molecule has 2 aromatic carbocycles. The maximum absolute atomic E-state index is 12.2. The number of carbonyl (C=O) groups is 2. The summed E-state index contributed by atoms with van der Waals surface area (Å²) in [4.78, 5) is 23.6. The van der Waals surface area contributed by atoms with E-state index in [9.17, 15) is 14.7 Å². The fourth-order valence-corrected chi connectivity index (χ4v) is 2.54. The Morgan fingerprint density at radius 1 is 0.962 bits per heavy atom. The zero-order valence-electron chi connectivity index (χ0n) is 13.5. The standard InChI is InChI=1S/C20H14ClNO4/c21-16-9-5-4-8-15(16)18-11-10-14(26-18)12-17(20(24)25)22-19(23)13-6-2-1-3-7-13/h1-12H,(H,22,23)(H,24,25). The first kappa shape index (κ1) is 17.5. The van der Waals surface area contributed by atoms with Gasteiger partial charge in [0.25, 0.3) is 5.91 Å². The lowest BCUT2D eigenvalue weighted by atomic mass is 10.2. The number of hydrogen-bond donors (Lipinski definition) is 2. The predicted molar refractivity (Wildman–Crippen MR) is 98.7 cm³/mol. The van der Waals surface area contributed by atoms with Crippen LogP contribution in [-0.4, -0.2) is 17.0 Å². The van der Waals surface area contributed by atoms with Crippen LogP contribution in [0.1, 0.15) is 16.1 Å². The summed E-state index contributed by atoms with van der Waals surface area (Å²) in [6.45, 7) is 0. The second-order valence-electron chi connectivity index (χ2n) is 5.37. The zero-order chi connectivity index (χ0) is 18.5. The van der Waals surface area contributed by atoms with E-state index in [2.05, 4.69) is 5.32 Å². The van der Waals surface area contributed by atoms with Gasteiger partial charge in [-0.3, -0.25) is 4.79 Å². The van der Waals surface area contributed by atoms with Crippen LogP contribution in [0.5, 0.6) is 0 Å². The average Bonchev–Trinajstić information content (AvgIpc) is 3.10. The third-order valence-electron chi connectivity index (χ3n) is 3.57. The highest BCUT2D eigenvalue weighted by atomic mass is 35.5. The first-order valence-corrected chi connectivity index (χ1v) is 8.08. The van der Waals surface area contributed by atoms with Gasteiger partial charge in [-0.1, -0.05) is 41.9 Å². The van der Waals surface area contributed by atoms with Crippen LogP contribution in [0.4, 0.5) is 0 Å². The van der Waals surface area contributed by atoms with Crippen LogP contribution in [0.25, 0.3) is 17.4 Å². The molecule has 0 atom stereocenters. The van der Waals surface area contributed by atoms with Crippen molar-refractivity contribution in [3.63, 3.8) is 0 Å². The van der Waals surface area contributed by atoms with E-state index in [-0.39, 0.29) is 11.5 Å². The molecule has 0 bridgehead atoms. The van der Waals surface area contributed by atoms with Crippen molar-refractivity contribution >= 4 is 29.6 Å². The molecule has 0 aliphatic carbocycles. The Morgan fingerprint density at radius 3 is 2.35 bits per heavy atom. The minimum Gasteiger partial charge on any atom is -0.477 e. The SMILES string of the molecule is O=C(O)C(=Cc1ccc(-c2ccccc2Cl)o1)NC(=O)c1ccccc1. The summed E-state index contributed by atoms with van der Waals surface area (Å²) in [5.41, 5.74) is 0.758. The van der Waals surface area contributed by atoms with Crippen molar-refractivity contribution in [3.05, 3.63) is 88.8 Å². The zero-order valence-corrected chi connectivity index (χ0v) is 14.2. The number of benzene rings is 2. The van der Waals surface area contributed by atoms with Gasteiger partial charge in [0.1, 0.15) is 17.2 Å². The smallest absolute Gasteiger partial charge is 0.352 e. The maximum atomic E-state index is 12.2. The second kappa shape index (κ2) is 7.72. The largest absolute Gasteiger partial charge is 0.477 e. The van der Waals surface area contributed by atoms with Crippen molar-refractivity contribution in [2.75, 3.05) is 0 Å². The number of hydrogen-bond acceptors (Lipinski definition) is 3. The minimum atomic E-state index is -1.27. The highest BCUT2D eigenvalue weighted by Gasteiger charge is 2.15. The fourth-order valence-electron chi connectivity index (χ4n) is 2.31. The Labute approximate surface area is 154 Å². The van der Waals surface area contributed by atoms with Gasteiger partial charge in [0.15, 0.2) is 0 Å². The van der Waals surface area contributed by atoms with Crippen LogP contribution in [0.2, 0.25) is 5.02 Å². The van der Waals surface area contributed by atoms with E-state index >= 15 is 0 Å². The van der Waals surface area contributed by atoms with Crippen LogP contribution < -0.4 is 5.32 Å². The number of amides is 1. The third-order valence-corrected chi connectivity index (χ3v) is 3.90. The second-order valence-corrected chi connectivity index (χ2v) is 5.77. The lowest BCUT2D eigenvalue weighted by Crippen LogP contribution is -2.27. The normalized spacial score (nSPS) is 11.2. The van der Waals surface area contributed by atoms with Crippen LogP contribution in [0.15, 0.2) is 76.8 Å². The quantitative estimate of drug-likeness (QED) is 0.653. The molecule has 1 amide bonds. The predicted octanol–water partition coefficient (Wildman–Crippen LogP) is 4.46. The highest BCUT2D eigenvalue weighted by Crippen LogP contribution is 2.29. The third kappa shape index (κ3) is 4.02. The van der Waals surface area contributed by atoms with Crippen molar-refractivity contribution in [3.8, 4) is 11.3 Å². The number of halogens is 1. The molecule has 0 radical (unpaired) electrons. The van der Waals surface area contributed by atoms with Gasteiger partial charge in [-0.2, -0.15) is 0 Å². The molecule has 0 saturated carbocycles. The number of carbonyl (C=O) groups excluding carboxylic acids is 1. The van der Waals surface area contributed by atoms with Gasteiger partial charge in [-0.15, -0.1) is 0 Å². The van der Waals surface area contributed by atoms with E-state index in [0.29, 0.717) is 21.9 Å². The average molecular weight is 368 g/mol. The summed E-state index contributed by atoms with van der Waals surface area (Å²) < 4.78 is 5.64. The number of carboxylic acids is 1. The van der Waals surface area contributed by atoms with Crippen molar-refractivity contribution in [2.45, 2.75) is 0 Å². The van der Waals surface area contributed by atoms with Gasteiger partial charge >= 0.3 is 5.97 Å². The Kier molecular flexibility index (Phi) is 5.20. The van der Waals surface area contributed by atoms with Crippen LogP contribution >= 0.6 is 11.6 Å². The Morgan fingerprint density at radius 2 is 1.65 bits per heavy atom. The molecular formula is C20H14ClNO4. The van der Waals surface area contributed by atoms with E-state index in [1.165, 1.54) is 6.08 Å². The van der Waals surface area contributed by atoms with Gasteiger partial charge in [-0.25, -0.2) is 4.79 Å². The number of rotatable bonds is 5. The van der Waals surface area contributed by atoms with Gasteiger partial charge in [-0.05, 0) is 36.4 Å². The fraction of sp³-hybridized carbons (Fsp3) is 0. The molecular weight excluding hydrogens is 354 g/mol. The molecule has 0 aliphatic rings. The van der Waals surface area contributed by atoms with Gasteiger partial charge in [0.05, 0.1) is 5.02 Å². The molecule has 0 unspecified atom stereocenters. The Hall–Kier alpha value is -3.31. The molecule has 0 spiro atoms. The number of aliphatic carboxylic acids is 1. The summed E-state index contributed by atoms with van der Waals surface area (Å²) in [7, 11) is 0. The molecule has 1 heterocycles. The van der Waals surface area contributed by atoms with E-state index in [1.807, 2.05) is 6.07 Å². The number of furan rings is 1. The van der Waals surface area contributed by atoms with Gasteiger partial charge in [0, 0.05) is 17.2 Å². The molecule has 0 aliphatic heterocycles. The topological polar surface area (TPSA) is 79.5 Å². The van der Waals surface area contributed by atoms with Gasteiger partial charge < -0.3 is 14.8 Å². The first-order chi connectivity index (χ1) is 12.5. The van der Waals surface area contributed by atoms with Crippen molar-refractivity contribution in [1.82, 2.24) is 5.32 Å². The van der Waals surface area contributed by atoms with Gasteiger partial charge in [0.2, 0.25) is 0 Å². The monoisotopic (exact) mass is 367 g/mol. The summed E-state index contributed by atoms with van der Waals surface area (Å²) in [6.07, 6.45) is 1.25. The van der Waals surface area contributed by atoms with Crippen LogP contribution in [0.3, 0.4) is 0 Å². The molecule has 6 heteroatoms. The molecule has 3 aromatic rings. The summed E-state index contributed by atoms with van der Waals surface area (Å²) in [5.74, 6) is -1.01. The van der Waals surface area contributed by atoms with Crippen molar-refractivity contribution < 1.29 is 19.1 Å². The van der Waals surface area contributed by atoms with Crippen molar-refractivity contribution in [2.24, 2.45) is 0 Å². The van der Waals surface area contributed by atoms with E-state index < -0.39 is 11.9 Å². The summed E-state index contributed by atoms with van der Waals surface area (Å²) in [6, 6.07) is 18.8. The molecule has 130 valence electrons. The highest BCUT2D eigenvalue weighted by molar-refractivity contribution is 6.33.